The summed E-state index contributed by atoms with van der Waals surface area (Å²) in [6.45, 7) is 0.466. The Balaban J connectivity index is 1.30. The molecule has 2 aliphatic rings. The van der Waals surface area contributed by atoms with Crippen LogP contribution in [-0.4, -0.2) is 43.7 Å². The molecule has 10 heteroatoms. The van der Waals surface area contributed by atoms with Crippen LogP contribution in [0.2, 0.25) is 0 Å². The number of amides is 3. The van der Waals surface area contributed by atoms with Gasteiger partial charge in [0.25, 0.3) is 5.91 Å². The van der Waals surface area contributed by atoms with Gasteiger partial charge >= 0.3 is 0 Å². The van der Waals surface area contributed by atoms with Crippen LogP contribution < -0.4 is 10.1 Å². The van der Waals surface area contributed by atoms with E-state index in [0.717, 1.165) is 5.56 Å². The average molecular weight is 435 g/mol. The first-order chi connectivity index (χ1) is 15.5. The quantitative estimate of drug-likeness (QED) is 0.612. The maximum atomic E-state index is 13.0. The van der Waals surface area contributed by atoms with Crippen molar-refractivity contribution in [2.75, 3.05) is 0 Å². The van der Waals surface area contributed by atoms with Gasteiger partial charge in [0.05, 0.1) is 11.9 Å². The number of ether oxygens (including phenoxy) is 1. The van der Waals surface area contributed by atoms with Crippen LogP contribution >= 0.6 is 0 Å². The number of halogens is 1. The molecule has 0 spiro atoms. The molecule has 1 N–H and O–H groups in total. The number of hydrogen-bond acceptors (Lipinski definition) is 6. The fourth-order valence-corrected chi connectivity index (χ4v) is 3.86. The Labute approximate surface area is 181 Å². The molecular weight excluding hydrogens is 417 g/mol. The summed E-state index contributed by atoms with van der Waals surface area (Å²) in [6.07, 6.45) is 2.21. The maximum absolute atomic E-state index is 13.0. The Morgan fingerprint density at radius 3 is 2.72 bits per heavy atom. The van der Waals surface area contributed by atoms with E-state index < -0.39 is 11.9 Å². The molecule has 1 aromatic heterocycles. The Morgan fingerprint density at radius 1 is 1.12 bits per heavy atom. The number of rotatable bonds is 5. The Hall–Kier alpha value is -4.08. The normalized spacial score (nSPS) is 18.0. The Morgan fingerprint density at radius 2 is 1.94 bits per heavy atom. The number of aromatic nitrogens is 3. The zero-order valence-electron chi connectivity index (χ0n) is 16.8. The minimum atomic E-state index is -0.655. The van der Waals surface area contributed by atoms with Crippen LogP contribution in [0.3, 0.4) is 0 Å². The van der Waals surface area contributed by atoms with E-state index in [4.69, 9.17) is 4.74 Å². The van der Waals surface area contributed by atoms with Gasteiger partial charge in [-0.1, -0.05) is 11.3 Å². The van der Waals surface area contributed by atoms with Crippen LogP contribution in [0.15, 0.2) is 48.7 Å². The van der Waals surface area contributed by atoms with E-state index in [1.807, 2.05) is 12.1 Å². The van der Waals surface area contributed by atoms with Crippen molar-refractivity contribution in [2.45, 2.75) is 32.0 Å². The molecule has 3 heterocycles. The van der Waals surface area contributed by atoms with Gasteiger partial charge in [0.15, 0.2) is 0 Å². The van der Waals surface area contributed by atoms with Gasteiger partial charge in [0, 0.05) is 18.5 Å². The van der Waals surface area contributed by atoms with Gasteiger partial charge in [-0.15, -0.1) is 5.10 Å². The molecule has 9 nitrogen and oxygen atoms in total. The summed E-state index contributed by atoms with van der Waals surface area (Å²) in [5.41, 5.74) is 2.50. The third-order valence-corrected chi connectivity index (χ3v) is 5.52. The van der Waals surface area contributed by atoms with E-state index in [2.05, 4.69) is 15.6 Å². The lowest BCUT2D eigenvalue weighted by molar-refractivity contribution is -0.136. The van der Waals surface area contributed by atoms with Crippen LogP contribution in [0.4, 0.5) is 4.39 Å². The topological polar surface area (TPSA) is 106 Å². The average Bonchev–Trinajstić information content (AvgIpc) is 3.38. The molecular formula is C22H18FN5O4. The molecule has 162 valence electrons. The fourth-order valence-electron chi connectivity index (χ4n) is 3.86. The Bertz CT molecular complexity index is 1220. The van der Waals surface area contributed by atoms with Gasteiger partial charge in [-0.3, -0.25) is 19.7 Å². The molecule has 1 unspecified atom stereocenters. The van der Waals surface area contributed by atoms with Crippen LogP contribution in [-0.2, 0) is 22.7 Å². The van der Waals surface area contributed by atoms with Crippen LogP contribution in [0.1, 0.15) is 34.5 Å². The second-order valence-electron chi connectivity index (χ2n) is 7.64. The van der Waals surface area contributed by atoms with Gasteiger partial charge in [-0.25, -0.2) is 9.07 Å². The van der Waals surface area contributed by atoms with E-state index in [0.29, 0.717) is 35.7 Å². The third kappa shape index (κ3) is 3.70. The van der Waals surface area contributed by atoms with Crippen molar-refractivity contribution < 1.29 is 23.5 Å². The van der Waals surface area contributed by atoms with E-state index in [9.17, 15) is 18.8 Å². The van der Waals surface area contributed by atoms with Gasteiger partial charge in [-0.05, 0) is 48.4 Å². The first-order valence-corrected chi connectivity index (χ1v) is 10.1. The lowest BCUT2D eigenvalue weighted by atomic mass is 10.0. The van der Waals surface area contributed by atoms with Crippen molar-refractivity contribution in [1.82, 2.24) is 25.2 Å². The monoisotopic (exact) mass is 435 g/mol. The molecule has 1 fully saturated rings. The van der Waals surface area contributed by atoms with Gasteiger partial charge in [0.2, 0.25) is 11.8 Å². The summed E-state index contributed by atoms with van der Waals surface area (Å²) < 4.78 is 20.1. The van der Waals surface area contributed by atoms with E-state index in [1.165, 1.54) is 33.8 Å². The number of benzene rings is 2. The molecule has 1 saturated heterocycles. The largest absolute Gasteiger partial charge is 0.487 e. The summed E-state index contributed by atoms with van der Waals surface area (Å²) in [4.78, 5) is 38.0. The first kappa shape index (κ1) is 19.9. The summed E-state index contributed by atoms with van der Waals surface area (Å²) in [6, 6.07) is 10.4. The van der Waals surface area contributed by atoms with Crippen molar-refractivity contribution in [3.8, 4) is 11.4 Å². The maximum Gasteiger partial charge on any atom is 0.255 e. The van der Waals surface area contributed by atoms with Crippen molar-refractivity contribution in [3.05, 3.63) is 71.3 Å². The number of fused-ring (bicyclic) bond motifs is 1. The van der Waals surface area contributed by atoms with Gasteiger partial charge < -0.3 is 9.64 Å². The van der Waals surface area contributed by atoms with Crippen molar-refractivity contribution in [3.63, 3.8) is 0 Å². The molecule has 3 amide bonds. The van der Waals surface area contributed by atoms with E-state index >= 15 is 0 Å². The summed E-state index contributed by atoms with van der Waals surface area (Å²) in [5.74, 6) is -0.840. The number of imide groups is 1. The lowest BCUT2D eigenvalue weighted by Gasteiger charge is -2.29. The zero-order valence-corrected chi connectivity index (χ0v) is 16.8. The lowest BCUT2D eigenvalue weighted by Crippen LogP contribution is -2.52. The molecule has 2 aromatic carbocycles. The van der Waals surface area contributed by atoms with Crippen LogP contribution in [0, 0.1) is 5.82 Å². The molecule has 1 atom stereocenters. The first-order valence-electron chi connectivity index (χ1n) is 10.1. The molecule has 5 rings (SSSR count). The van der Waals surface area contributed by atoms with Crippen molar-refractivity contribution >= 4 is 17.7 Å². The van der Waals surface area contributed by atoms with Gasteiger partial charge in [0.1, 0.15) is 29.9 Å². The highest BCUT2D eigenvalue weighted by atomic mass is 19.1. The second-order valence-corrected chi connectivity index (χ2v) is 7.64. The summed E-state index contributed by atoms with van der Waals surface area (Å²) >= 11 is 0. The highest BCUT2D eigenvalue weighted by molar-refractivity contribution is 6.05. The number of piperidine rings is 1. The molecule has 0 saturated carbocycles. The standard InChI is InChI=1S/C22H18FN5O4/c23-14-2-5-17(6-3-14)32-12-15-11-28(26-25-15)16-4-1-13-10-27(22(31)18(13)9-16)19-7-8-20(29)24-21(19)30/h1-6,9,11,19H,7-8,10,12H2,(H,24,29,30). The minimum Gasteiger partial charge on any atom is -0.487 e. The van der Waals surface area contributed by atoms with Crippen molar-refractivity contribution in [2.24, 2.45) is 0 Å². The van der Waals surface area contributed by atoms with Crippen molar-refractivity contribution in [1.29, 1.82) is 0 Å². The smallest absolute Gasteiger partial charge is 0.255 e. The predicted octanol–water partition coefficient (Wildman–Crippen LogP) is 1.75. The number of hydrogen-bond donors (Lipinski definition) is 1. The summed E-state index contributed by atoms with van der Waals surface area (Å²) in [7, 11) is 0. The SMILES string of the molecule is O=C1CCC(N2Cc3ccc(-n4cc(COc5ccc(F)cc5)nn4)cc3C2=O)C(=O)N1. The molecule has 0 aliphatic carbocycles. The highest BCUT2D eigenvalue weighted by Gasteiger charge is 2.39. The molecule has 0 bridgehead atoms. The molecule has 32 heavy (non-hydrogen) atoms. The fraction of sp³-hybridized carbons (Fsp3) is 0.227. The van der Waals surface area contributed by atoms with Gasteiger partial charge in [-0.2, -0.15) is 0 Å². The number of nitrogens with zero attached hydrogens (tertiary/aromatic N) is 4. The minimum absolute atomic E-state index is 0.152. The van der Waals surface area contributed by atoms with E-state index in [1.54, 1.807) is 12.3 Å². The number of nitrogens with one attached hydrogen (secondary N) is 1. The predicted molar refractivity (Wildman–Crippen MR) is 108 cm³/mol. The third-order valence-electron chi connectivity index (χ3n) is 5.52. The number of carbonyl (C=O) groups is 3. The zero-order chi connectivity index (χ0) is 22.2. The number of carbonyl (C=O) groups excluding carboxylic acids is 3. The Kier molecular flexibility index (Phi) is 4.89. The summed E-state index contributed by atoms with van der Waals surface area (Å²) in [5, 5.41) is 10.5. The molecule has 3 aromatic rings. The highest BCUT2D eigenvalue weighted by Crippen LogP contribution is 2.29. The van der Waals surface area contributed by atoms with Crippen LogP contribution in [0.25, 0.3) is 5.69 Å². The molecule has 0 radical (unpaired) electrons. The molecule has 2 aliphatic heterocycles. The van der Waals surface area contributed by atoms with Crippen LogP contribution in [0.5, 0.6) is 5.75 Å². The second kappa shape index (κ2) is 7.88. The van der Waals surface area contributed by atoms with E-state index in [-0.39, 0.29) is 30.7 Å².